The molecule has 1 atom stereocenters. The van der Waals surface area contributed by atoms with E-state index in [9.17, 15) is 14.7 Å². The third kappa shape index (κ3) is 5.56. The number of hydrogen-bond donors (Lipinski definition) is 1. The maximum absolute atomic E-state index is 13.6. The lowest BCUT2D eigenvalue weighted by Gasteiger charge is -2.26. The monoisotopic (exact) mass is 527 g/mol. The highest BCUT2D eigenvalue weighted by Gasteiger charge is 2.47. The molecule has 3 aromatic rings. The number of carbonyl (C=O) groups excluding carboxylic acids is 2. The number of rotatable bonds is 8. The number of ketones is 1. The molecule has 3 aromatic carbocycles. The quantitative estimate of drug-likeness (QED) is 0.192. The van der Waals surface area contributed by atoms with Gasteiger partial charge in [0, 0.05) is 11.3 Å². The molecule has 0 aromatic heterocycles. The van der Waals surface area contributed by atoms with Gasteiger partial charge in [0.2, 0.25) is 0 Å². The second-order valence-electron chi connectivity index (χ2n) is 10.8. The first kappa shape index (κ1) is 28.0. The summed E-state index contributed by atoms with van der Waals surface area (Å²) in [7, 11) is 1.61. The Hall–Kier alpha value is -4.06. The highest BCUT2D eigenvalue weighted by atomic mass is 16.5. The molecule has 0 spiro atoms. The molecule has 1 heterocycles. The summed E-state index contributed by atoms with van der Waals surface area (Å²) in [6.45, 7) is 12.6. The maximum atomic E-state index is 13.6. The highest BCUT2D eigenvalue weighted by molar-refractivity contribution is 6.51. The molecule has 6 nitrogen and oxygen atoms in total. The molecule has 0 radical (unpaired) electrons. The summed E-state index contributed by atoms with van der Waals surface area (Å²) in [5, 5.41) is 11.7. The first-order valence-electron chi connectivity index (χ1n) is 13.3. The minimum absolute atomic E-state index is 0.0550. The van der Waals surface area contributed by atoms with Crippen molar-refractivity contribution in [3.8, 4) is 11.5 Å². The van der Waals surface area contributed by atoms with E-state index in [4.69, 9.17) is 9.47 Å². The van der Waals surface area contributed by atoms with E-state index in [1.54, 1.807) is 7.11 Å². The van der Waals surface area contributed by atoms with E-state index in [-0.39, 0.29) is 17.3 Å². The van der Waals surface area contributed by atoms with Crippen LogP contribution in [0.1, 0.15) is 67.5 Å². The van der Waals surface area contributed by atoms with Gasteiger partial charge in [-0.2, -0.15) is 0 Å². The summed E-state index contributed by atoms with van der Waals surface area (Å²) < 4.78 is 11.4. The fraction of sp³-hybridized carbons (Fsp3) is 0.333. The molecule has 0 aliphatic carbocycles. The van der Waals surface area contributed by atoms with Gasteiger partial charge in [0.05, 0.1) is 25.3 Å². The van der Waals surface area contributed by atoms with Gasteiger partial charge < -0.3 is 14.6 Å². The third-order valence-corrected chi connectivity index (χ3v) is 6.99. The van der Waals surface area contributed by atoms with Gasteiger partial charge in [-0.05, 0) is 78.8 Å². The van der Waals surface area contributed by atoms with Crippen LogP contribution >= 0.6 is 0 Å². The fourth-order valence-electron chi connectivity index (χ4n) is 4.86. The predicted molar refractivity (Wildman–Crippen MR) is 155 cm³/mol. The molecular formula is C33H37NO5. The zero-order valence-electron chi connectivity index (χ0n) is 23.7. The molecule has 0 saturated carbocycles. The second-order valence-corrected chi connectivity index (χ2v) is 10.8. The standard InChI is InChI=1S/C33H37NO5/c1-19(2)18-39-25-14-10-23(11-15-25)30-29(32(36)33(37)34(30)24-12-8-21(5)9-13-24)31(35)27-17-26(20(3)4)28(38-7)16-22(27)6/h8-17,19-20,30,35H,18H2,1-7H3/b31-29+. The summed E-state index contributed by atoms with van der Waals surface area (Å²) in [5.74, 6) is 0.313. The van der Waals surface area contributed by atoms with Crippen LogP contribution in [0.15, 0.2) is 66.2 Å². The average Bonchev–Trinajstić information content (AvgIpc) is 3.17. The lowest BCUT2D eigenvalue weighted by Crippen LogP contribution is -2.29. The number of hydrogen-bond acceptors (Lipinski definition) is 5. The minimum Gasteiger partial charge on any atom is -0.507 e. The second kappa shape index (κ2) is 11.4. The zero-order chi connectivity index (χ0) is 28.4. The normalized spacial score (nSPS) is 16.8. The molecule has 0 bridgehead atoms. The van der Waals surface area contributed by atoms with Crippen LogP contribution in [-0.2, 0) is 9.59 Å². The van der Waals surface area contributed by atoms with Crippen molar-refractivity contribution in [2.24, 2.45) is 5.92 Å². The Morgan fingerprint density at radius 2 is 1.59 bits per heavy atom. The Morgan fingerprint density at radius 3 is 2.15 bits per heavy atom. The number of aryl methyl sites for hydroxylation is 2. The predicted octanol–water partition coefficient (Wildman–Crippen LogP) is 7.10. The van der Waals surface area contributed by atoms with E-state index in [1.165, 1.54) is 4.90 Å². The zero-order valence-corrected chi connectivity index (χ0v) is 23.7. The Kier molecular flexibility index (Phi) is 8.14. The molecule has 1 saturated heterocycles. The SMILES string of the molecule is COc1cc(C)c(/C(O)=C2\C(=O)C(=O)N(c3ccc(C)cc3)C2c2ccc(OCC(C)C)cc2)cc1C(C)C. The Labute approximate surface area is 230 Å². The van der Waals surface area contributed by atoms with Crippen LogP contribution in [0.3, 0.4) is 0 Å². The molecule has 39 heavy (non-hydrogen) atoms. The van der Waals surface area contributed by atoms with Crippen molar-refractivity contribution in [2.45, 2.75) is 53.5 Å². The molecule has 1 unspecified atom stereocenters. The van der Waals surface area contributed by atoms with Crippen molar-refractivity contribution >= 4 is 23.1 Å². The number of Topliss-reactive ketones (excluding diaryl/α,β-unsaturated/α-hetero) is 1. The van der Waals surface area contributed by atoms with E-state index < -0.39 is 17.7 Å². The summed E-state index contributed by atoms with van der Waals surface area (Å²) >= 11 is 0. The number of methoxy groups -OCH3 is 1. The number of benzene rings is 3. The van der Waals surface area contributed by atoms with Gasteiger partial charge in [0.25, 0.3) is 11.7 Å². The molecule has 6 heteroatoms. The number of ether oxygens (including phenoxy) is 2. The summed E-state index contributed by atoms with van der Waals surface area (Å²) in [6, 6.07) is 17.7. The Bertz CT molecular complexity index is 1400. The van der Waals surface area contributed by atoms with Crippen molar-refractivity contribution < 1.29 is 24.2 Å². The van der Waals surface area contributed by atoms with Gasteiger partial charge in [0.15, 0.2) is 0 Å². The maximum Gasteiger partial charge on any atom is 0.300 e. The van der Waals surface area contributed by atoms with Crippen LogP contribution in [0, 0.1) is 19.8 Å². The Balaban J connectivity index is 1.91. The number of aliphatic hydroxyl groups is 1. The lowest BCUT2D eigenvalue weighted by molar-refractivity contribution is -0.132. The van der Waals surface area contributed by atoms with Crippen molar-refractivity contribution in [3.05, 3.63) is 94.1 Å². The van der Waals surface area contributed by atoms with Gasteiger partial charge in [-0.3, -0.25) is 14.5 Å². The fourth-order valence-corrected chi connectivity index (χ4v) is 4.86. The largest absolute Gasteiger partial charge is 0.507 e. The number of nitrogens with zero attached hydrogens (tertiary/aromatic N) is 1. The summed E-state index contributed by atoms with van der Waals surface area (Å²) in [6.07, 6.45) is 0. The van der Waals surface area contributed by atoms with E-state index in [0.29, 0.717) is 40.8 Å². The van der Waals surface area contributed by atoms with Gasteiger partial charge in [-0.25, -0.2) is 0 Å². The number of amides is 1. The van der Waals surface area contributed by atoms with Crippen LogP contribution in [0.2, 0.25) is 0 Å². The Morgan fingerprint density at radius 1 is 0.949 bits per heavy atom. The molecule has 1 aliphatic heterocycles. The average molecular weight is 528 g/mol. The van der Waals surface area contributed by atoms with E-state index in [0.717, 1.165) is 16.7 Å². The van der Waals surface area contributed by atoms with Gasteiger partial charge in [-0.1, -0.05) is 57.5 Å². The van der Waals surface area contributed by atoms with Crippen molar-refractivity contribution in [3.63, 3.8) is 0 Å². The number of aliphatic hydroxyl groups excluding tert-OH is 1. The van der Waals surface area contributed by atoms with Crippen molar-refractivity contribution in [1.29, 1.82) is 0 Å². The summed E-state index contributed by atoms with van der Waals surface area (Å²) in [5.41, 5.74) is 4.52. The molecule has 204 valence electrons. The van der Waals surface area contributed by atoms with Crippen molar-refractivity contribution in [1.82, 2.24) is 0 Å². The highest BCUT2D eigenvalue weighted by Crippen LogP contribution is 2.43. The van der Waals surface area contributed by atoms with Gasteiger partial charge in [-0.15, -0.1) is 0 Å². The van der Waals surface area contributed by atoms with Crippen LogP contribution < -0.4 is 14.4 Å². The van der Waals surface area contributed by atoms with E-state index in [2.05, 4.69) is 13.8 Å². The molecule has 1 aliphatic rings. The van der Waals surface area contributed by atoms with Crippen LogP contribution in [0.4, 0.5) is 5.69 Å². The topological polar surface area (TPSA) is 76.1 Å². The molecule has 1 N–H and O–H groups in total. The van der Waals surface area contributed by atoms with Crippen LogP contribution in [-0.4, -0.2) is 30.5 Å². The molecule has 1 fully saturated rings. The van der Waals surface area contributed by atoms with Crippen LogP contribution in [0.5, 0.6) is 11.5 Å². The van der Waals surface area contributed by atoms with E-state index in [1.807, 2.05) is 88.4 Å². The summed E-state index contributed by atoms with van der Waals surface area (Å²) in [4.78, 5) is 28.6. The smallest absolute Gasteiger partial charge is 0.300 e. The minimum atomic E-state index is -0.809. The van der Waals surface area contributed by atoms with E-state index >= 15 is 0 Å². The molecule has 4 rings (SSSR count). The van der Waals surface area contributed by atoms with Gasteiger partial charge >= 0.3 is 0 Å². The first-order chi connectivity index (χ1) is 18.5. The van der Waals surface area contributed by atoms with Gasteiger partial charge in [0.1, 0.15) is 17.3 Å². The molecular weight excluding hydrogens is 490 g/mol. The van der Waals surface area contributed by atoms with Crippen molar-refractivity contribution in [2.75, 3.05) is 18.6 Å². The number of carbonyl (C=O) groups is 2. The lowest BCUT2D eigenvalue weighted by atomic mass is 9.91. The third-order valence-electron chi connectivity index (χ3n) is 6.99. The number of anilines is 1. The van der Waals surface area contributed by atoms with Crippen LogP contribution in [0.25, 0.3) is 5.76 Å². The molecule has 1 amide bonds. The first-order valence-corrected chi connectivity index (χ1v) is 13.3.